The van der Waals surface area contributed by atoms with Crippen molar-refractivity contribution < 1.29 is 28.7 Å². The van der Waals surface area contributed by atoms with Gasteiger partial charge < -0.3 is 25.4 Å². The van der Waals surface area contributed by atoms with Crippen LogP contribution in [0.4, 0.5) is 0 Å². The van der Waals surface area contributed by atoms with Crippen molar-refractivity contribution in [3.8, 4) is 5.75 Å². The molecule has 0 saturated carbocycles. The first-order valence-corrected chi connectivity index (χ1v) is 13.7. The van der Waals surface area contributed by atoms with E-state index in [2.05, 4.69) is 27.3 Å². The Morgan fingerprint density at radius 1 is 0.833 bits per heavy atom. The molecular formula is C32H34ClN3O6. The van der Waals surface area contributed by atoms with Crippen LogP contribution in [0.3, 0.4) is 0 Å². The zero-order valence-electron chi connectivity index (χ0n) is 23.3. The molecule has 0 radical (unpaired) electrons. The van der Waals surface area contributed by atoms with Gasteiger partial charge in [-0.15, -0.1) is 0 Å². The molecule has 2 atom stereocenters. The van der Waals surface area contributed by atoms with Crippen LogP contribution in [0, 0.1) is 0 Å². The average molecular weight is 592 g/mol. The van der Waals surface area contributed by atoms with Crippen molar-refractivity contribution in [2.75, 3.05) is 20.3 Å². The molecule has 3 amide bonds. The Balaban J connectivity index is 1.83. The number of carbonyl (C=O) groups is 4. The van der Waals surface area contributed by atoms with Crippen molar-refractivity contribution in [2.45, 2.75) is 31.3 Å². The van der Waals surface area contributed by atoms with Gasteiger partial charge in [0.25, 0.3) is 0 Å². The van der Waals surface area contributed by atoms with E-state index >= 15 is 0 Å². The lowest BCUT2D eigenvalue weighted by Gasteiger charge is -2.24. The highest BCUT2D eigenvalue weighted by molar-refractivity contribution is 6.32. The Labute approximate surface area is 250 Å². The molecule has 10 heteroatoms. The van der Waals surface area contributed by atoms with Gasteiger partial charge in [0.05, 0.1) is 18.6 Å². The minimum Gasteiger partial charge on any atom is -0.488 e. The molecule has 3 aromatic rings. The zero-order chi connectivity index (χ0) is 30.3. The number of ether oxygens (including phenoxy) is 2. The predicted molar refractivity (Wildman–Crippen MR) is 160 cm³/mol. The molecule has 220 valence electrons. The molecule has 0 fully saturated rings. The maximum Gasteiger partial charge on any atom is 0.325 e. The molecule has 9 nitrogen and oxygen atoms in total. The van der Waals surface area contributed by atoms with Crippen molar-refractivity contribution in [3.05, 3.63) is 113 Å². The third-order valence-electron chi connectivity index (χ3n) is 6.20. The minimum absolute atomic E-state index is 0.0623. The lowest BCUT2D eigenvalue weighted by molar-refractivity contribution is -0.141. The van der Waals surface area contributed by atoms with Gasteiger partial charge in [0.15, 0.2) is 0 Å². The predicted octanol–water partition coefficient (Wildman–Crippen LogP) is 3.19. The number of hydrogen-bond acceptors (Lipinski definition) is 6. The fraction of sp³-hybridized carbons (Fsp3) is 0.250. The van der Waals surface area contributed by atoms with E-state index in [1.54, 1.807) is 24.3 Å². The Bertz CT molecular complexity index is 1370. The van der Waals surface area contributed by atoms with E-state index in [1.807, 2.05) is 60.7 Å². The number of hydrogen-bond donors (Lipinski definition) is 3. The third kappa shape index (κ3) is 10.4. The number of benzene rings is 3. The first-order valence-electron chi connectivity index (χ1n) is 13.3. The molecular weight excluding hydrogens is 558 g/mol. The van der Waals surface area contributed by atoms with Gasteiger partial charge in [-0.3, -0.25) is 19.2 Å². The van der Waals surface area contributed by atoms with Crippen molar-refractivity contribution >= 4 is 35.3 Å². The molecule has 2 unspecified atom stereocenters. The van der Waals surface area contributed by atoms with Gasteiger partial charge in [0.1, 0.15) is 31.0 Å². The van der Waals surface area contributed by atoms with Crippen LogP contribution in [-0.4, -0.2) is 56.0 Å². The average Bonchev–Trinajstić information content (AvgIpc) is 2.99. The highest BCUT2D eigenvalue weighted by Gasteiger charge is 2.28. The molecule has 3 aromatic carbocycles. The van der Waals surface area contributed by atoms with Gasteiger partial charge in [-0.25, -0.2) is 0 Å². The van der Waals surface area contributed by atoms with Crippen LogP contribution in [0.15, 0.2) is 91.5 Å². The summed E-state index contributed by atoms with van der Waals surface area (Å²) in [4.78, 5) is 51.3. The van der Waals surface area contributed by atoms with Crippen LogP contribution >= 0.6 is 11.6 Å². The number of nitrogens with one attached hydrogen (secondary N) is 3. The highest BCUT2D eigenvalue weighted by atomic mass is 35.5. The fourth-order valence-electron chi connectivity index (χ4n) is 4.09. The Hall–Kier alpha value is -4.63. The number of rotatable bonds is 15. The Morgan fingerprint density at radius 2 is 1.45 bits per heavy atom. The van der Waals surface area contributed by atoms with E-state index in [1.165, 1.54) is 7.11 Å². The van der Waals surface area contributed by atoms with Gasteiger partial charge in [-0.05, 0) is 28.8 Å². The zero-order valence-corrected chi connectivity index (χ0v) is 24.1. The third-order valence-corrected chi connectivity index (χ3v) is 6.50. The second-order valence-corrected chi connectivity index (χ2v) is 9.80. The number of esters is 1. The maximum absolute atomic E-state index is 13.7. The summed E-state index contributed by atoms with van der Waals surface area (Å²) in [5, 5.41) is 8.41. The molecule has 3 N–H and O–H groups in total. The maximum atomic E-state index is 13.7. The highest BCUT2D eigenvalue weighted by Crippen LogP contribution is 2.26. The quantitative estimate of drug-likeness (QED) is 0.184. The molecule has 0 aliphatic heterocycles. The van der Waals surface area contributed by atoms with Gasteiger partial charge in [-0.2, -0.15) is 0 Å². The standard InChI is InChI=1S/C32H34ClN3O6/c1-3-16-42-28-15-14-24(17-25(28)33)19-27(35-29(37)20-23-12-8-5-9-13-23)32(40)36-26(18-22-10-6-4-7-11-22)31(39)34-21-30(38)41-2/h3-15,17,26-27H,1,16,18-21H2,2H3,(H,34,39)(H,35,37)(H,36,40). The van der Waals surface area contributed by atoms with Gasteiger partial charge >= 0.3 is 5.97 Å². The Morgan fingerprint density at radius 3 is 2.07 bits per heavy atom. The fourth-order valence-corrected chi connectivity index (χ4v) is 4.35. The van der Waals surface area contributed by atoms with E-state index in [0.717, 1.165) is 11.1 Å². The minimum atomic E-state index is -1.04. The SMILES string of the molecule is C=CCOc1ccc(CC(NC(=O)Cc2ccccc2)C(=O)NC(Cc2ccccc2)C(=O)NCC(=O)OC)cc1Cl. The second-order valence-electron chi connectivity index (χ2n) is 9.40. The molecule has 0 bridgehead atoms. The number of carbonyl (C=O) groups excluding carboxylic acids is 4. The topological polar surface area (TPSA) is 123 Å². The van der Waals surface area contributed by atoms with Gasteiger partial charge in [0.2, 0.25) is 17.7 Å². The van der Waals surface area contributed by atoms with E-state index in [9.17, 15) is 19.2 Å². The van der Waals surface area contributed by atoms with E-state index in [-0.39, 0.29) is 38.3 Å². The summed E-state index contributed by atoms with van der Waals surface area (Å²) in [5.74, 6) is -1.68. The molecule has 0 heterocycles. The number of amides is 3. The largest absolute Gasteiger partial charge is 0.488 e. The summed E-state index contributed by atoms with van der Waals surface area (Å²) < 4.78 is 10.1. The summed E-state index contributed by atoms with van der Waals surface area (Å²) in [5.41, 5.74) is 2.24. The summed E-state index contributed by atoms with van der Waals surface area (Å²) in [6.07, 6.45) is 1.91. The summed E-state index contributed by atoms with van der Waals surface area (Å²) in [6.45, 7) is 3.55. The number of methoxy groups -OCH3 is 1. The molecule has 42 heavy (non-hydrogen) atoms. The molecule has 0 aromatic heterocycles. The lowest BCUT2D eigenvalue weighted by atomic mass is 10.0. The summed E-state index contributed by atoms with van der Waals surface area (Å²) in [7, 11) is 1.21. The van der Waals surface area contributed by atoms with Gasteiger partial charge in [-0.1, -0.05) is 91.0 Å². The lowest BCUT2D eigenvalue weighted by Crippen LogP contribution is -2.55. The van der Waals surface area contributed by atoms with E-state index in [0.29, 0.717) is 16.3 Å². The first kappa shape index (κ1) is 31.9. The van der Waals surface area contributed by atoms with Crippen molar-refractivity contribution in [3.63, 3.8) is 0 Å². The molecule has 0 aliphatic carbocycles. The van der Waals surface area contributed by atoms with Crippen LogP contribution in [0.5, 0.6) is 5.75 Å². The summed E-state index contributed by atoms with van der Waals surface area (Å²) >= 11 is 6.39. The van der Waals surface area contributed by atoms with Crippen molar-refractivity contribution in [1.29, 1.82) is 0 Å². The van der Waals surface area contributed by atoms with Crippen LogP contribution < -0.4 is 20.7 Å². The van der Waals surface area contributed by atoms with Crippen molar-refractivity contribution in [2.24, 2.45) is 0 Å². The van der Waals surface area contributed by atoms with Crippen LogP contribution in [0.2, 0.25) is 5.02 Å². The van der Waals surface area contributed by atoms with E-state index in [4.69, 9.17) is 16.3 Å². The van der Waals surface area contributed by atoms with E-state index < -0.39 is 29.9 Å². The molecule has 0 spiro atoms. The van der Waals surface area contributed by atoms with Crippen LogP contribution in [0.1, 0.15) is 16.7 Å². The molecule has 0 saturated heterocycles. The summed E-state index contributed by atoms with van der Waals surface area (Å²) in [6, 6.07) is 21.3. The van der Waals surface area contributed by atoms with Crippen LogP contribution in [0.25, 0.3) is 0 Å². The number of halogens is 1. The molecule has 0 aliphatic rings. The normalized spacial score (nSPS) is 11.9. The first-order chi connectivity index (χ1) is 20.3. The van der Waals surface area contributed by atoms with Crippen molar-refractivity contribution in [1.82, 2.24) is 16.0 Å². The smallest absolute Gasteiger partial charge is 0.325 e. The second kappa shape index (κ2) is 16.6. The Kier molecular flexibility index (Phi) is 12.6. The van der Waals surface area contributed by atoms with Crippen LogP contribution in [-0.2, 0) is 43.2 Å². The van der Waals surface area contributed by atoms with Gasteiger partial charge in [0, 0.05) is 12.8 Å². The monoisotopic (exact) mass is 591 g/mol. The molecule has 3 rings (SSSR count).